The minimum atomic E-state index is -0.806. The minimum Gasteiger partial charge on any atom is -0.385 e. The Hall–Kier alpha value is -2.02. The van der Waals surface area contributed by atoms with E-state index in [-0.39, 0.29) is 21.4 Å². The Morgan fingerprint density at radius 1 is 1.10 bits per heavy atom. The van der Waals surface area contributed by atoms with E-state index in [1.807, 2.05) is 0 Å². The van der Waals surface area contributed by atoms with Crippen molar-refractivity contribution in [2.75, 3.05) is 17.7 Å². The number of hydrogen-bond acceptors (Lipinski definition) is 2. The average Bonchev–Trinajstić information content (AvgIpc) is 2.44. The number of benzene rings is 2. The van der Waals surface area contributed by atoms with E-state index in [0.717, 1.165) is 12.1 Å². The Labute approximate surface area is 127 Å². The second kappa shape index (κ2) is 6.17. The lowest BCUT2D eigenvalue weighted by molar-refractivity contribution is 0.102. The SMILES string of the molecule is CNc1c(F)cccc1C(=O)Nc1cc(F)c(Br)cc1F. The van der Waals surface area contributed by atoms with Crippen molar-refractivity contribution >= 4 is 33.2 Å². The molecule has 2 aromatic rings. The normalized spacial score (nSPS) is 10.3. The van der Waals surface area contributed by atoms with Gasteiger partial charge in [0.05, 0.1) is 21.4 Å². The maximum Gasteiger partial charge on any atom is 0.257 e. The molecule has 0 aliphatic heterocycles. The number of hydrogen-bond donors (Lipinski definition) is 2. The van der Waals surface area contributed by atoms with E-state index in [1.54, 1.807) is 0 Å². The first kappa shape index (κ1) is 15.4. The molecule has 2 rings (SSSR count). The van der Waals surface area contributed by atoms with Crippen molar-refractivity contribution in [2.24, 2.45) is 0 Å². The third-order valence-electron chi connectivity index (χ3n) is 2.77. The molecule has 0 bridgehead atoms. The van der Waals surface area contributed by atoms with E-state index in [4.69, 9.17) is 0 Å². The number of carbonyl (C=O) groups is 1. The van der Waals surface area contributed by atoms with Crippen molar-refractivity contribution in [3.05, 3.63) is 57.8 Å². The van der Waals surface area contributed by atoms with Crippen molar-refractivity contribution in [1.82, 2.24) is 0 Å². The van der Waals surface area contributed by atoms with Crippen LogP contribution in [0.25, 0.3) is 0 Å². The first-order valence-electron chi connectivity index (χ1n) is 5.86. The standard InChI is InChI=1S/C14H10BrF3N2O/c1-19-13-7(3-2-4-9(13)16)14(21)20-12-6-10(17)8(15)5-11(12)18/h2-6,19H,1H3,(H,20,21). The number of rotatable bonds is 3. The first-order valence-corrected chi connectivity index (χ1v) is 6.65. The number of nitrogens with one attached hydrogen (secondary N) is 2. The molecule has 2 N–H and O–H groups in total. The van der Waals surface area contributed by atoms with Gasteiger partial charge in [0, 0.05) is 13.1 Å². The van der Waals surface area contributed by atoms with Crippen LogP contribution in [-0.2, 0) is 0 Å². The molecule has 3 nitrogen and oxygen atoms in total. The molecule has 110 valence electrons. The van der Waals surface area contributed by atoms with Crippen LogP contribution in [0.2, 0.25) is 0 Å². The van der Waals surface area contributed by atoms with Crippen molar-refractivity contribution in [1.29, 1.82) is 0 Å². The monoisotopic (exact) mass is 358 g/mol. The zero-order chi connectivity index (χ0) is 15.6. The van der Waals surface area contributed by atoms with Crippen LogP contribution in [0.1, 0.15) is 10.4 Å². The zero-order valence-electron chi connectivity index (χ0n) is 10.8. The number of halogens is 4. The molecule has 1 amide bonds. The smallest absolute Gasteiger partial charge is 0.257 e. The molecule has 7 heteroatoms. The molecule has 0 fully saturated rings. The van der Waals surface area contributed by atoms with E-state index < -0.39 is 23.4 Å². The fourth-order valence-electron chi connectivity index (χ4n) is 1.78. The van der Waals surface area contributed by atoms with Gasteiger partial charge in [-0.2, -0.15) is 0 Å². The lowest BCUT2D eigenvalue weighted by Gasteiger charge is -2.11. The number of para-hydroxylation sites is 1. The highest BCUT2D eigenvalue weighted by molar-refractivity contribution is 9.10. The average molecular weight is 359 g/mol. The van der Waals surface area contributed by atoms with Gasteiger partial charge in [0.15, 0.2) is 0 Å². The highest BCUT2D eigenvalue weighted by atomic mass is 79.9. The highest BCUT2D eigenvalue weighted by Gasteiger charge is 2.17. The topological polar surface area (TPSA) is 41.1 Å². The molecule has 0 radical (unpaired) electrons. The molecule has 0 unspecified atom stereocenters. The fraction of sp³-hybridized carbons (Fsp3) is 0.0714. The van der Waals surface area contributed by atoms with Gasteiger partial charge in [0.25, 0.3) is 5.91 Å². The maximum absolute atomic E-state index is 13.7. The molecule has 0 saturated carbocycles. The van der Waals surface area contributed by atoms with E-state index >= 15 is 0 Å². The summed E-state index contributed by atoms with van der Waals surface area (Å²) in [6.45, 7) is 0. The summed E-state index contributed by atoms with van der Waals surface area (Å²) in [7, 11) is 1.45. The van der Waals surface area contributed by atoms with Crippen molar-refractivity contribution in [3.8, 4) is 0 Å². The second-order valence-corrected chi connectivity index (χ2v) is 4.97. The summed E-state index contributed by atoms with van der Waals surface area (Å²) in [5.74, 6) is -2.90. The van der Waals surface area contributed by atoms with Gasteiger partial charge in [-0.3, -0.25) is 4.79 Å². The molecule has 0 heterocycles. The van der Waals surface area contributed by atoms with E-state index in [0.29, 0.717) is 0 Å². The summed E-state index contributed by atoms with van der Waals surface area (Å²) in [4.78, 5) is 12.1. The van der Waals surface area contributed by atoms with Gasteiger partial charge in [-0.25, -0.2) is 13.2 Å². The summed E-state index contributed by atoms with van der Waals surface area (Å²) >= 11 is 2.84. The first-order chi connectivity index (χ1) is 9.93. The van der Waals surface area contributed by atoms with Crippen LogP contribution in [0.5, 0.6) is 0 Å². The molecule has 2 aromatic carbocycles. The second-order valence-electron chi connectivity index (χ2n) is 4.11. The van der Waals surface area contributed by atoms with Crippen LogP contribution in [0, 0.1) is 17.5 Å². The van der Waals surface area contributed by atoms with Gasteiger partial charge in [0.2, 0.25) is 0 Å². The van der Waals surface area contributed by atoms with Gasteiger partial charge in [-0.15, -0.1) is 0 Å². The summed E-state index contributed by atoms with van der Waals surface area (Å²) in [5, 5.41) is 4.77. The van der Waals surface area contributed by atoms with Crippen LogP contribution >= 0.6 is 15.9 Å². The van der Waals surface area contributed by atoms with Gasteiger partial charge in [-0.1, -0.05) is 6.07 Å². The predicted octanol–water partition coefficient (Wildman–Crippen LogP) is 4.16. The molecule has 0 aliphatic carbocycles. The third kappa shape index (κ3) is 3.18. The summed E-state index contributed by atoms with van der Waals surface area (Å²) in [6.07, 6.45) is 0. The zero-order valence-corrected chi connectivity index (χ0v) is 12.4. The lowest BCUT2D eigenvalue weighted by atomic mass is 10.1. The van der Waals surface area contributed by atoms with Crippen molar-refractivity contribution in [2.45, 2.75) is 0 Å². The number of carbonyl (C=O) groups excluding carboxylic acids is 1. The molecular weight excluding hydrogens is 349 g/mol. The molecular formula is C14H10BrF3N2O. The lowest BCUT2D eigenvalue weighted by Crippen LogP contribution is -2.16. The molecule has 0 spiro atoms. The van der Waals surface area contributed by atoms with Crippen molar-refractivity contribution < 1.29 is 18.0 Å². The van der Waals surface area contributed by atoms with Gasteiger partial charge < -0.3 is 10.6 Å². The van der Waals surface area contributed by atoms with E-state index in [9.17, 15) is 18.0 Å². The van der Waals surface area contributed by atoms with Crippen LogP contribution in [0.15, 0.2) is 34.8 Å². The Balaban J connectivity index is 2.35. The maximum atomic E-state index is 13.7. The van der Waals surface area contributed by atoms with E-state index in [1.165, 1.54) is 25.2 Å². The quantitative estimate of drug-likeness (QED) is 0.808. The fourth-order valence-corrected chi connectivity index (χ4v) is 2.09. The number of anilines is 2. The predicted molar refractivity (Wildman–Crippen MR) is 78.0 cm³/mol. The van der Waals surface area contributed by atoms with Crippen LogP contribution in [0.3, 0.4) is 0 Å². The third-order valence-corrected chi connectivity index (χ3v) is 3.37. The molecule has 0 aromatic heterocycles. The largest absolute Gasteiger partial charge is 0.385 e. The van der Waals surface area contributed by atoms with Crippen LogP contribution in [0.4, 0.5) is 24.5 Å². The van der Waals surface area contributed by atoms with Gasteiger partial charge in [-0.05, 0) is 34.1 Å². The molecule has 0 atom stereocenters. The van der Waals surface area contributed by atoms with Crippen LogP contribution < -0.4 is 10.6 Å². The Bertz CT molecular complexity index is 707. The highest BCUT2D eigenvalue weighted by Crippen LogP contribution is 2.25. The number of amides is 1. The Kier molecular flexibility index (Phi) is 4.52. The molecule has 0 aliphatic rings. The minimum absolute atomic E-state index is 0.0137. The summed E-state index contributed by atoms with van der Waals surface area (Å²) in [5.41, 5.74) is -0.361. The molecule has 21 heavy (non-hydrogen) atoms. The van der Waals surface area contributed by atoms with Crippen LogP contribution in [-0.4, -0.2) is 13.0 Å². The Morgan fingerprint density at radius 3 is 2.48 bits per heavy atom. The summed E-state index contributed by atoms with van der Waals surface area (Å²) < 4.78 is 40.6. The van der Waals surface area contributed by atoms with Gasteiger partial charge >= 0.3 is 0 Å². The van der Waals surface area contributed by atoms with Gasteiger partial charge in [0.1, 0.15) is 17.5 Å². The molecule has 0 saturated heterocycles. The summed E-state index contributed by atoms with van der Waals surface area (Å²) in [6, 6.07) is 5.65. The van der Waals surface area contributed by atoms with Crippen molar-refractivity contribution in [3.63, 3.8) is 0 Å². The Morgan fingerprint density at radius 2 is 1.81 bits per heavy atom. The van der Waals surface area contributed by atoms with E-state index in [2.05, 4.69) is 26.6 Å².